The Morgan fingerprint density at radius 3 is 2.11 bits per heavy atom. The van der Waals surface area contributed by atoms with Gasteiger partial charge >= 0.3 is 6.18 Å². The Kier molecular flexibility index (Phi) is 5.02. The number of alkyl halides is 3. The third kappa shape index (κ3) is 4.22. The van der Waals surface area contributed by atoms with Crippen LogP contribution in [0.1, 0.15) is 19.4 Å². The molecule has 2 nitrogen and oxygen atoms in total. The fourth-order valence-corrected chi connectivity index (χ4v) is 1.62. The first kappa shape index (κ1) is 14.8. The first-order valence-electron chi connectivity index (χ1n) is 5.95. The van der Waals surface area contributed by atoms with Crippen LogP contribution in [0.3, 0.4) is 0 Å². The normalized spacial score (nSPS) is 13.7. The lowest BCUT2D eigenvalue weighted by Crippen LogP contribution is -2.27. The van der Waals surface area contributed by atoms with Gasteiger partial charge in [-0.25, -0.2) is 0 Å². The van der Waals surface area contributed by atoms with Crippen LogP contribution < -0.4 is 11.1 Å². The molecule has 0 aliphatic heterocycles. The van der Waals surface area contributed by atoms with E-state index in [1.54, 1.807) is 0 Å². The Hall–Kier alpha value is -1.23. The average Bonchev–Trinajstić information content (AvgIpc) is 2.29. The van der Waals surface area contributed by atoms with E-state index < -0.39 is 11.7 Å². The molecule has 0 spiro atoms. The maximum absolute atomic E-state index is 12.4. The fraction of sp³-hybridized carbons (Fsp3) is 0.538. The van der Waals surface area contributed by atoms with Gasteiger partial charge in [-0.15, -0.1) is 0 Å². The summed E-state index contributed by atoms with van der Waals surface area (Å²) in [5.41, 5.74) is 5.68. The quantitative estimate of drug-likeness (QED) is 0.852. The highest BCUT2D eigenvalue weighted by molar-refractivity contribution is 5.45. The maximum atomic E-state index is 12.4. The molecule has 0 aliphatic carbocycles. The van der Waals surface area contributed by atoms with Crippen molar-refractivity contribution in [2.24, 2.45) is 17.6 Å². The van der Waals surface area contributed by atoms with Crippen molar-refractivity contribution >= 4 is 5.69 Å². The first-order chi connectivity index (χ1) is 8.34. The summed E-state index contributed by atoms with van der Waals surface area (Å²) in [6.07, 6.45) is -4.28. The molecular formula is C13H19F3N2. The molecular weight excluding hydrogens is 241 g/mol. The molecule has 0 bridgehead atoms. The Labute approximate surface area is 105 Å². The van der Waals surface area contributed by atoms with Gasteiger partial charge in [0.15, 0.2) is 0 Å². The zero-order valence-corrected chi connectivity index (χ0v) is 10.6. The summed E-state index contributed by atoms with van der Waals surface area (Å²) in [4.78, 5) is 0. The van der Waals surface area contributed by atoms with Crippen molar-refractivity contribution in [3.8, 4) is 0 Å². The molecule has 18 heavy (non-hydrogen) atoms. The number of anilines is 1. The van der Waals surface area contributed by atoms with E-state index in [0.29, 0.717) is 30.6 Å². The highest BCUT2D eigenvalue weighted by atomic mass is 19.4. The van der Waals surface area contributed by atoms with E-state index >= 15 is 0 Å². The SMILES string of the molecule is CC(C)C(CN)CNc1ccc(C(F)(F)F)cc1. The molecule has 0 amide bonds. The topological polar surface area (TPSA) is 38.0 Å². The molecule has 0 heterocycles. The summed E-state index contributed by atoms with van der Waals surface area (Å²) >= 11 is 0. The summed E-state index contributed by atoms with van der Waals surface area (Å²) in [7, 11) is 0. The van der Waals surface area contributed by atoms with Gasteiger partial charge in [0, 0.05) is 12.2 Å². The number of hydrogen-bond donors (Lipinski definition) is 2. The second kappa shape index (κ2) is 6.09. The predicted octanol–water partition coefficient (Wildman–Crippen LogP) is 3.35. The van der Waals surface area contributed by atoms with Gasteiger partial charge in [-0.1, -0.05) is 13.8 Å². The van der Waals surface area contributed by atoms with E-state index in [1.807, 2.05) is 0 Å². The molecule has 3 N–H and O–H groups in total. The fourth-order valence-electron chi connectivity index (χ4n) is 1.62. The monoisotopic (exact) mass is 260 g/mol. The lowest BCUT2D eigenvalue weighted by molar-refractivity contribution is -0.137. The summed E-state index contributed by atoms with van der Waals surface area (Å²) in [5.74, 6) is 0.754. The van der Waals surface area contributed by atoms with Crippen LogP contribution in [0.5, 0.6) is 0 Å². The van der Waals surface area contributed by atoms with Crippen molar-refractivity contribution in [1.82, 2.24) is 0 Å². The molecule has 5 heteroatoms. The number of nitrogens with two attached hydrogens (primary N) is 1. The zero-order chi connectivity index (χ0) is 13.8. The third-order valence-corrected chi connectivity index (χ3v) is 3.03. The number of rotatable bonds is 5. The smallest absolute Gasteiger partial charge is 0.385 e. The largest absolute Gasteiger partial charge is 0.416 e. The molecule has 1 aromatic carbocycles. The Morgan fingerprint density at radius 2 is 1.72 bits per heavy atom. The van der Waals surface area contributed by atoms with Crippen LogP contribution >= 0.6 is 0 Å². The van der Waals surface area contributed by atoms with Crippen molar-refractivity contribution in [1.29, 1.82) is 0 Å². The van der Waals surface area contributed by atoms with Crippen LogP contribution in [0.25, 0.3) is 0 Å². The summed E-state index contributed by atoms with van der Waals surface area (Å²) in [6, 6.07) is 5.04. The molecule has 0 fully saturated rings. The van der Waals surface area contributed by atoms with Crippen LogP contribution in [0, 0.1) is 11.8 Å². The third-order valence-electron chi connectivity index (χ3n) is 3.03. The number of hydrogen-bond acceptors (Lipinski definition) is 2. The van der Waals surface area contributed by atoms with Gasteiger partial charge in [0.05, 0.1) is 5.56 Å². The average molecular weight is 260 g/mol. The second-order valence-corrected chi connectivity index (χ2v) is 4.70. The van der Waals surface area contributed by atoms with Crippen LogP contribution in [0.15, 0.2) is 24.3 Å². The highest BCUT2D eigenvalue weighted by Crippen LogP contribution is 2.29. The Morgan fingerprint density at radius 1 is 1.17 bits per heavy atom. The van der Waals surface area contributed by atoms with E-state index in [9.17, 15) is 13.2 Å². The minimum Gasteiger partial charge on any atom is -0.385 e. The first-order valence-corrected chi connectivity index (χ1v) is 5.95. The van der Waals surface area contributed by atoms with Gasteiger partial charge in [0.25, 0.3) is 0 Å². The van der Waals surface area contributed by atoms with Gasteiger partial charge in [-0.05, 0) is 42.6 Å². The molecule has 1 unspecified atom stereocenters. The van der Waals surface area contributed by atoms with Crippen LogP contribution in [0.4, 0.5) is 18.9 Å². The standard InChI is InChI=1S/C13H19F3N2/c1-9(2)10(7-17)8-18-12-5-3-11(4-6-12)13(14,15)16/h3-6,9-10,18H,7-8,17H2,1-2H3. The molecule has 1 aromatic rings. The second-order valence-electron chi connectivity index (χ2n) is 4.70. The van der Waals surface area contributed by atoms with E-state index in [2.05, 4.69) is 19.2 Å². The minimum absolute atomic E-state index is 0.312. The lowest BCUT2D eigenvalue weighted by Gasteiger charge is -2.20. The van der Waals surface area contributed by atoms with Crippen molar-refractivity contribution in [3.63, 3.8) is 0 Å². The van der Waals surface area contributed by atoms with Crippen LogP contribution in [-0.4, -0.2) is 13.1 Å². The summed E-state index contributed by atoms with van der Waals surface area (Å²) in [6.45, 7) is 5.38. The van der Waals surface area contributed by atoms with Crippen molar-refractivity contribution < 1.29 is 13.2 Å². The highest BCUT2D eigenvalue weighted by Gasteiger charge is 2.29. The van der Waals surface area contributed by atoms with Gasteiger partial charge in [-0.3, -0.25) is 0 Å². The molecule has 0 saturated carbocycles. The molecule has 0 aliphatic rings. The van der Waals surface area contributed by atoms with E-state index in [0.717, 1.165) is 12.1 Å². The summed E-state index contributed by atoms with van der Waals surface area (Å²) < 4.78 is 37.1. The summed E-state index contributed by atoms with van der Waals surface area (Å²) in [5, 5.41) is 3.11. The van der Waals surface area contributed by atoms with Crippen molar-refractivity contribution in [2.75, 3.05) is 18.4 Å². The van der Waals surface area contributed by atoms with Gasteiger partial charge in [-0.2, -0.15) is 13.2 Å². The minimum atomic E-state index is -4.28. The van der Waals surface area contributed by atoms with Crippen LogP contribution in [0.2, 0.25) is 0 Å². The molecule has 102 valence electrons. The number of nitrogens with one attached hydrogen (secondary N) is 1. The molecule has 1 atom stereocenters. The molecule has 1 rings (SSSR count). The van der Waals surface area contributed by atoms with Crippen molar-refractivity contribution in [2.45, 2.75) is 20.0 Å². The maximum Gasteiger partial charge on any atom is 0.416 e. The number of benzene rings is 1. The molecule has 0 radical (unpaired) electrons. The zero-order valence-electron chi connectivity index (χ0n) is 10.6. The van der Waals surface area contributed by atoms with E-state index in [1.165, 1.54) is 12.1 Å². The molecule has 0 aromatic heterocycles. The predicted molar refractivity (Wildman–Crippen MR) is 67.3 cm³/mol. The molecule has 0 saturated heterocycles. The van der Waals surface area contributed by atoms with Gasteiger partial charge in [0.1, 0.15) is 0 Å². The Balaban J connectivity index is 2.59. The Bertz CT molecular complexity index is 357. The lowest BCUT2D eigenvalue weighted by atomic mass is 9.96. The van der Waals surface area contributed by atoms with E-state index in [-0.39, 0.29) is 0 Å². The van der Waals surface area contributed by atoms with E-state index in [4.69, 9.17) is 5.73 Å². The van der Waals surface area contributed by atoms with Gasteiger partial charge in [0.2, 0.25) is 0 Å². The van der Waals surface area contributed by atoms with Crippen LogP contribution in [-0.2, 0) is 6.18 Å². The number of halogens is 3. The van der Waals surface area contributed by atoms with Crippen molar-refractivity contribution in [3.05, 3.63) is 29.8 Å². The van der Waals surface area contributed by atoms with Gasteiger partial charge < -0.3 is 11.1 Å².